The molecule has 2 N–H and O–H groups in total. The smallest absolute Gasteiger partial charge is 0.170 e. The van der Waals surface area contributed by atoms with Gasteiger partial charge in [0.1, 0.15) is 11.9 Å². The van der Waals surface area contributed by atoms with Gasteiger partial charge >= 0.3 is 0 Å². The molecule has 1 unspecified atom stereocenters. The molecule has 0 radical (unpaired) electrons. The van der Waals surface area contributed by atoms with Crippen molar-refractivity contribution in [2.75, 3.05) is 5.73 Å². The lowest BCUT2D eigenvalue weighted by Crippen LogP contribution is -2.20. The van der Waals surface area contributed by atoms with E-state index in [0.717, 1.165) is 5.56 Å². The van der Waals surface area contributed by atoms with Gasteiger partial charge < -0.3 is 10.5 Å². The van der Waals surface area contributed by atoms with E-state index in [1.54, 1.807) is 30.6 Å². The largest absolute Gasteiger partial charge is 0.484 e. The van der Waals surface area contributed by atoms with Crippen molar-refractivity contribution in [2.45, 2.75) is 12.5 Å². The normalized spacial score (nSPS) is 18.0. The summed E-state index contributed by atoms with van der Waals surface area (Å²) in [5.74, 6) is 0.645. The first-order valence-corrected chi connectivity index (χ1v) is 5.73. The Labute approximate surface area is 104 Å². The number of pyridine rings is 1. The maximum atomic E-state index is 12.1. The summed E-state index contributed by atoms with van der Waals surface area (Å²) in [5.41, 5.74) is 7.72. The average Bonchev–Trinajstić information content (AvgIpc) is 2.40. The summed E-state index contributed by atoms with van der Waals surface area (Å²) in [6.45, 7) is 0. The van der Waals surface area contributed by atoms with Gasteiger partial charge in [0, 0.05) is 23.6 Å². The molecule has 0 spiro atoms. The van der Waals surface area contributed by atoms with Crippen LogP contribution in [-0.4, -0.2) is 10.8 Å². The number of nitrogens with two attached hydrogens (primary N) is 1. The molecule has 18 heavy (non-hydrogen) atoms. The van der Waals surface area contributed by atoms with Crippen molar-refractivity contribution in [3.63, 3.8) is 0 Å². The third-order valence-corrected chi connectivity index (χ3v) is 3.00. The molecule has 2 heterocycles. The Balaban J connectivity index is 1.97. The van der Waals surface area contributed by atoms with Crippen LogP contribution in [0.5, 0.6) is 5.75 Å². The molecule has 0 saturated heterocycles. The third kappa shape index (κ3) is 1.82. The van der Waals surface area contributed by atoms with Crippen LogP contribution in [0, 0.1) is 0 Å². The van der Waals surface area contributed by atoms with Crippen molar-refractivity contribution >= 4 is 11.5 Å². The predicted molar refractivity (Wildman–Crippen MR) is 67.4 cm³/mol. The minimum atomic E-state index is -0.262. The van der Waals surface area contributed by atoms with Crippen LogP contribution in [0.15, 0.2) is 42.7 Å². The lowest BCUT2D eigenvalue weighted by atomic mass is 9.97. The molecule has 0 fully saturated rings. The van der Waals surface area contributed by atoms with Gasteiger partial charge in [0.05, 0.1) is 12.0 Å². The highest BCUT2D eigenvalue weighted by Gasteiger charge is 2.27. The molecule has 0 saturated carbocycles. The van der Waals surface area contributed by atoms with Crippen molar-refractivity contribution in [1.29, 1.82) is 0 Å². The van der Waals surface area contributed by atoms with Crippen LogP contribution in [-0.2, 0) is 0 Å². The fourth-order valence-electron chi connectivity index (χ4n) is 2.09. The Morgan fingerprint density at radius 3 is 3.00 bits per heavy atom. The quantitative estimate of drug-likeness (QED) is 0.777. The fourth-order valence-corrected chi connectivity index (χ4v) is 2.09. The van der Waals surface area contributed by atoms with Gasteiger partial charge in [-0.05, 0) is 24.3 Å². The Hall–Kier alpha value is -2.36. The number of carbonyl (C=O) groups is 1. The Morgan fingerprint density at radius 1 is 1.33 bits per heavy atom. The number of carbonyl (C=O) groups excluding carboxylic acids is 1. The molecule has 1 aromatic carbocycles. The standard InChI is InChI=1S/C14H12N2O2/c15-10-3-4-13-11(6-10)12(17)7-14(18-13)9-2-1-5-16-8-9/h1-6,8,14H,7,15H2. The number of hydrogen-bond acceptors (Lipinski definition) is 4. The number of aromatic nitrogens is 1. The lowest BCUT2D eigenvalue weighted by Gasteiger charge is -2.25. The second-order valence-corrected chi connectivity index (χ2v) is 4.28. The zero-order valence-electron chi connectivity index (χ0n) is 9.67. The van der Waals surface area contributed by atoms with E-state index in [0.29, 0.717) is 23.4 Å². The molecule has 2 aromatic rings. The van der Waals surface area contributed by atoms with Crippen LogP contribution >= 0.6 is 0 Å². The molecule has 4 heteroatoms. The number of nitrogens with zero attached hydrogens (tertiary/aromatic N) is 1. The molecule has 3 rings (SSSR count). The summed E-state index contributed by atoms with van der Waals surface area (Å²) in [4.78, 5) is 16.1. The van der Waals surface area contributed by atoms with Crippen molar-refractivity contribution < 1.29 is 9.53 Å². The maximum Gasteiger partial charge on any atom is 0.170 e. The van der Waals surface area contributed by atoms with Crippen LogP contribution in [0.3, 0.4) is 0 Å². The van der Waals surface area contributed by atoms with Crippen molar-refractivity contribution in [3.05, 3.63) is 53.9 Å². The zero-order valence-corrected chi connectivity index (χ0v) is 9.67. The average molecular weight is 240 g/mol. The Kier molecular flexibility index (Phi) is 2.48. The zero-order chi connectivity index (χ0) is 12.5. The Bertz CT molecular complexity index is 596. The molecule has 1 atom stereocenters. The van der Waals surface area contributed by atoms with Crippen LogP contribution in [0.25, 0.3) is 0 Å². The number of Topliss-reactive ketones (excluding diaryl/α,β-unsaturated/α-hetero) is 1. The van der Waals surface area contributed by atoms with E-state index in [9.17, 15) is 4.79 Å². The van der Waals surface area contributed by atoms with Crippen molar-refractivity contribution in [2.24, 2.45) is 0 Å². The number of ketones is 1. The highest BCUT2D eigenvalue weighted by Crippen LogP contribution is 2.35. The van der Waals surface area contributed by atoms with Gasteiger partial charge in [0.15, 0.2) is 5.78 Å². The van der Waals surface area contributed by atoms with Gasteiger partial charge in [-0.3, -0.25) is 9.78 Å². The molecule has 1 aliphatic rings. The highest BCUT2D eigenvalue weighted by atomic mass is 16.5. The van der Waals surface area contributed by atoms with Gasteiger partial charge in [-0.1, -0.05) is 6.07 Å². The number of benzene rings is 1. The Morgan fingerprint density at radius 2 is 2.22 bits per heavy atom. The first kappa shape index (κ1) is 10.8. The van der Waals surface area contributed by atoms with E-state index >= 15 is 0 Å². The van der Waals surface area contributed by atoms with E-state index in [1.807, 2.05) is 12.1 Å². The number of hydrogen-bond donors (Lipinski definition) is 1. The summed E-state index contributed by atoms with van der Waals surface area (Å²) in [6.07, 6.45) is 3.48. The fraction of sp³-hybridized carbons (Fsp3) is 0.143. The second kappa shape index (κ2) is 4.14. The van der Waals surface area contributed by atoms with Crippen LogP contribution in [0.2, 0.25) is 0 Å². The minimum Gasteiger partial charge on any atom is -0.484 e. The van der Waals surface area contributed by atoms with E-state index < -0.39 is 0 Å². The minimum absolute atomic E-state index is 0.0532. The summed E-state index contributed by atoms with van der Waals surface area (Å²) in [6, 6.07) is 8.88. The van der Waals surface area contributed by atoms with Crippen LogP contribution in [0.4, 0.5) is 5.69 Å². The van der Waals surface area contributed by atoms with Gasteiger partial charge in [0.2, 0.25) is 0 Å². The van der Waals surface area contributed by atoms with E-state index in [-0.39, 0.29) is 11.9 Å². The van der Waals surface area contributed by atoms with Gasteiger partial charge in [-0.15, -0.1) is 0 Å². The molecule has 0 aliphatic carbocycles. The first-order valence-electron chi connectivity index (χ1n) is 5.73. The number of fused-ring (bicyclic) bond motifs is 1. The number of ether oxygens (including phenoxy) is 1. The highest BCUT2D eigenvalue weighted by molar-refractivity contribution is 6.00. The SMILES string of the molecule is Nc1ccc2c(c1)C(=O)CC(c1cccnc1)O2. The summed E-state index contributed by atoms with van der Waals surface area (Å²) in [5, 5.41) is 0. The first-order chi connectivity index (χ1) is 8.74. The van der Waals surface area contributed by atoms with Gasteiger partial charge in [-0.2, -0.15) is 0 Å². The molecule has 0 amide bonds. The van der Waals surface area contributed by atoms with Crippen LogP contribution in [0.1, 0.15) is 28.4 Å². The van der Waals surface area contributed by atoms with Crippen LogP contribution < -0.4 is 10.5 Å². The predicted octanol–water partition coefficient (Wildman–Crippen LogP) is 2.37. The van der Waals surface area contributed by atoms with E-state index in [2.05, 4.69) is 4.98 Å². The lowest BCUT2D eigenvalue weighted by molar-refractivity contribution is 0.0850. The molecular weight excluding hydrogens is 228 g/mol. The van der Waals surface area contributed by atoms with Crippen molar-refractivity contribution in [3.8, 4) is 5.75 Å². The molecular formula is C14H12N2O2. The monoisotopic (exact) mass is 240 g/mol. The number of nitrogen functional groups attached to an aromatic ring is 1. The van der Waals surface area contributed by atoms with Crippen molar-refractivity contribution in [1.82, 2.24) is 4.98 Å². The second-order valence-electron chi connectivity index (χ2n) is 4.28. The van der Waals surface area contributed by atoms with Gasteiger partial charge in [-0.25, -0.2) is 0 Å². The molecule has 1 aromatic heterocycles. The molecule has 0 bridgehead atoms. The van der Waals surface area contributed by atoms with E-state index in [4.69, 9.17) is 10.5 Å². The third-order valence-electron chi connectivity index (χ3n) is 3.00. The molecule has 90 valence electrons. The molecule has 1 aliphatic heterocycles. The summed E-state index contributed by atoms with van der Waals surface area (Å²) < 4.78 is 5.83. The molecule has 4 nitrogen and oxygen atoms in total. The summed E-state index contributed by atoms with van der Waals surface area (Å²) in [7, 11) is 0. The topological polar surface area (TPSA) is 65.2 Å². The summed E-state index contributed by atoms with van der Waals surface area (Å²) >= 11 is 0. The van der Waals surface area contributed by atoms with E-state index in [1.165, 1.54) is 0 Å². The van der Waals surface area contributed by atoms with Gasteiger partial charge in [0.25, 0.3) is 0 Å². The number of anilines is 1. The number of rotatable bonds is 1. The maximum absolute atomic E-state index is 12.1.